The van der Waals surface area contributed by atoms with Crippen LogP contribution in [0.15, 0.2) is 24.5 Å². The van der Waals surface area contributed by atoms with Gasteiger partial charge in [-0.1, -0.05) is 26.7 Å². The molecule has 1 aromatic heterocycles. The molecule has 0 radical (unpaired) electrons. The van der Waals surface area contributed by atoms with Gasteiger partial charge in [0, 0.05) is 11.6 Å². The predicted octanol–water partition coefficient (Wildman–Crippen LogP) is 3.12. The van der Waals surface area contributed by atoms with Crippen molar-refractivity contribution in [3.63, 3.8) is 0 Å². The average molecular weight is 271 g/mol. The molecule has 4 nitrogen and oxygen atoms in total. The molecule has 2 N–H and O–H groups in total. The van der Waals surface area contributed by atoms with E-state index in [9.17, 15) is 4.79 Å². The van der Waals surface area contributed by atoms with Crippen LogP contribution in [0.1, 0.15) is 43.5 Å². The predicted molar refractivity (Wildman–Crippen MR) is 79.5 cm³/mol. The molecule has 2 aromatic rings. The van der Waals surface area contributed by atoms with Crippen molar-refractivity contribution in [2.24, 2.45) is 11.8 Å². The minimum Gasteiger partial charge on any atom is -0.349 e. The van der Waals surface area contributed by atoms with Gasteiger partial charge in [-0.25, -0.2) is 4.98 Å². The van der Waals surface area contributed by atoms with Gasteiger partial charge in [0.1, 0.15) is 0 Å². The first kappa shape index (κ1) is 13.2. The first-order valence-corrected chi connectivity index (χ1v) is 7.39. The molecule has 4 heteroatoms. The number of benzene rings is 1. The molecule has 1 aliphatic rings. The number of aromatic amines is 1. The highest BCUT2D eigenvalue weighted by atomic mass is 16.1. The lowest BCUT2D eigenvalue weighted by molar-refractivity contribution is 0.0891. The molecule has 1 aliphatic carbocycles. The molecule has 3 atom stereocenters. The van der Waals surface area contributed by atoms with E-state index in [2.05, 4.69) is 29.1 Å². The van der Waals surface area contributed by atoms with Crippen molar-refractivity contribution in [2.75, 3.05) is 0 Å². The normalized spacial score (nSPS) is 26.6. The van der Waals surface area contributed by atoms with Gasteiger partial charge in [-0.05, 0) is 36.5 Å². The molecule has 0 aliphatic heterocycles. The molecule has 1 heterocycles. The van der Waals surface area contributed by atoms with Crippen LogP contribution in [0.4, 0.5) is 0 Å². The lowest BCUT2D eigenvalue weighted by Gasteiger charge is -2.34. The molecule has 0 bridgehead atoms. The van der Waals surface area contributed by atoms with Gasteiger partial charge in [0.2, 0.25) is 0 Å². The fourth-order valence-corrected chi connectivity index (χ4v) is 3.11. The summed E-state index contributed by atoms with van der Waals surface area (Å²) >= 11 is 0. The number of aromatic nitrogens is 2. The molecule has 3 rings (SSSR count). The van der Waals surface area contributed by atoms with Crippen LogP contribution in [-0.4, -0.2) is 21.9 Å². The smallest absolute Gasteiger partial charge is 0.251 e. The van der Waals surface area contributed by atoms with Crippen molar-refractivity contribution in [2.45, 2.75) is 39.2 Å². The summed E-state index contributed by atoms with van der Waals surface area (Å²) in [5.41, 5.74) is 2.50. The molecule has 20 heavy (non-hydrogen) atoms. The third kappa shape index (κ3) is 2.42. The maximum Gasteiger partial charge on any atom is 0.251 e. The first-order chi connectivity index (χ1) is 9.65. The zero-order chi connectivity index (χ0) is 14.1. The van der Waals surface area contributed by atoms with Crippen molar-refractivity contribution < 1.29 is 4.79 Å². The van der Waals surface area contributed by atoms with Gasteiger partial charge in [0.05, 0.1) is 17.4 Å². The second-order valence-corrected chi connectivity index (χ2v) is 5.98. The topological polar surface area (TPSA) is 57.8 Å². The molecule has 3 unspecified atom stereocenters. The highest BCUT2D eigenvalue weighted by molar-refractivity contribution is 5.97. The van der Waals surface area contributed by atoms with Crippen LogP contribution in [0.3, 0.4) is 0 Å². The van der Waals surface area contributed by atoms with E-state index in [1.807, 2.05) is 18.2 Å². The number of nitrogens with zero attached hydrogens (tertiary/aromatic N) is 1. The number of carbonyl (C=O) groups excluding carboxylic acids is 1. The number of hydrogen-bond acceptors (Lipinski definition) is 2. The molecule has 1 aromatic carbocycles. The fraction of sp³-hybridized carbons (Fsp3) is 0.500. The van der Waals surface area contributed by atoms with Crippen molar-refractivity contribution in [1.29, 1.82) is 0 Å². The van der Waals surface area contributed by atoms with Crippen molar-refractivity contribution in [3.05, 3.63) is 30.1 Å². The van der Waals surface area contributed by atoms with Crippen LogP contribution < -0.4 is 5.32 Å². The minimum atomic E-state index is 0.0208. The fourth-order valence-electron chi connectivity index (χ4n) is 3.11. The number of nitrogens with one attached hydrogen (secondary N) is 2. The number of fused-ring (bicyclic) bond motifs is 1. The van der Waals surface area contributed by atoms with Crippen LogP contribution >= 0.6 is 0 Å². The molecule has 106 valence electrons. The largest absolute Gasteiger partial charge is 0.349 e. The van der Waals surface area contributed by atoms with Gasteiger partial charge in [-0.3, -0.25) is 4.79 Å². The van der Waals surface area contributed by atoms with E-state index in [4.69, 9.17) is 0 Å². The molecular weight excluding hydrogens is 250 g/mol. The molecule has 1 saturated carbocycles. The highest BCUT2D eigenvalue weighted by Gasteiger charge is 2.28. The maximum absolute atomic E-state index is 12.4. The van der Waals surface area contributed by atoms with E-state index in [0.717, 1.165) is 17.5 Å². The van der Waals surface area contributed by atoms with Crippen LogP contribution in [0.5, 0.6) is 0 Å². The van der Waals surface area contributed by atoms with Gasteiger partial charge in [0.15, 0.2) is 0 Å². The van der Waals surface area contributed by atoms with Gasteiger partial charge in [-0.15, -0.1) is 0 Å². The number of imidazole rings is 1. The molecular formula is C16H21N3O. The minimum absolute atomic E-state index is 0.0208. The molecule has 0 saturated heterocycles. The van der Waals surface area contributed by atoms with E-state index in [0.29, 0.717) is 23.4 Å². The van der Waals surface area contributed by atoms with E-state index >= 15 is 0 Å². The zero-order valence-corrected chi connectivity index (χ0v) is 12.0. The Labute approximate surface area is 119 Å². The van der Waals surface area contributed by atoms with Gasteiger partial charge < -0.3 is 10.3 Å². The Morgan fingerprint density at radius 1 is 1.35 bits per heavy atom. The van der Waals surface area contributed by atoms with Crippen LogP contribution in [0.25, 0.3) is 11.0 Å². The monoisotopic (exact) mass is 271 g/mol. The second-order valence-electron chi connectivity index (χ2n) is 5.98. The van der Waals surface area contributed by atoms with Crippen LogP contribution in [-0.2, 0) is 0 Å². The highest BCUT2D eigenvalue weighted by Crippen LogP contribution is 2.29. The third-order valence-electron chi connectivity index (χ3n) is 4.71. The average Bonchev–Trinajstić information content (AvgIpc) is 2.91. The molecule has 1 amide bonds. The first-order valence-electron chi connectivity index (χ1n) is 7.39. The van der Waals surface area contributed by atoms with Crippen molar-refractivity contribution in [1.82, 2.24) is 15.3 Å². The van der Waals surface area contributed by atoms with Crippen molar-refractivity contribution in [3.8, 4) is 0 Å². The Hall–Kier alpha value is -1.84. The van der Waals surface area contributed by atoms with Crippen molar-refractivity contribution >= 4 is 16.9 Å². The van der Waals surface area contributed by atoms with Gasteiger partial charge >= 0.3 is 0 Å². The Bertz CT molecular complexity index is 619. The summed E-state index contributed by atoms with van der Waals surface area (Å²) in [6.07, 6.45) is 5.21. The van der Waals surface area contributed by atoms with E-state index < -0.39 is 0 Å². The molecule has 0 spiro atoms. The van der Waals surface area contributed by atoms with E-state index in [1.165, 1.54) is 12.8 Å². The standard InChI is InChI=1S/C16H21N3O/c1-10-4-3-5-13(11(10)2)19-16(20)12-6-7-14-15(8-12)18-9-17-14/h6-11,13H,3-5H2,1-2H3,(H,17,18)(H,19,20). The number of rotatable bonds is 2. The summed E-state index contributed by atoms with van der Waals surface area (Å²) < 4.78 is 0. The lowest BCUT2D eigenvalue weighted by Crippen LogP contribution is -2.43. The number of amides is 1. The summed E-state index contributed by atoms with van der Waals surface area (Å²) in [7, 11) is 0. The van der Waals surface area contributed by atoms with Gasteiger partial charge in [0.25, 0.3) is 5.91 Å². The molecule has 1 fully saturated rings. The Morgan fingerprint density at radius 3 is 3.05 bits per heavy atom. The van der Waals surface area contributed by atoms with E-state index in [1.54, 1.807) is 6.33 Å². The van der Waals surface area contributed by atoms with Crippen LogP contribution in [0.2, 0.25) is 0 Å². The Morgan fingerprint density at radius 2 is 2.20 bits per heavy atom. The van der Waals surface area contributed by atoms with Gasteiger partial charge in [-0.2, -0.15) is 0 Å². The number of carbonyl (C=O) groups is 1. The van der Waals surface area contributed by atoms with E-state index in [-0.39, 0.29) is 5.91 Å². The Kier molecular flexibility index (Phi) is 3.47. The number of H-pyrrole nitrogens is 1. The lowest BCUT2D eigenvalue weighted by atomic mass is 9.78. The SMILES string of the molecule is CC1CCCC(NC(=O)c2ccc3nc[nH]c3c2)C1C. The summed E-state index contributed by atoms with van der Waals surface area (Å²) in [4.78, 5) is 19.6. The van der Waals surface area contributed by atoms with Crippen LogP contribution in [0, 0.1) is 11.8 Å². The Balaban J connectivity index is 1.75. The summed E-state index contributed by atoms with van der Waals surface area (Å²) in [6.45, 7) is 4.52. The zero-order valence-electron chi connectivity index (χ0n) is 12.0. The maximum atomic E-state index is 12.4. The quantitative estimate of drug-likeness (QED) is 0.881. The second kappa shape index (κ2) is 5.27. The third-order valence-corrected chi connectivity index (χ3v) is 4.71. The summed E-state index contributed by atoms with van der Waals surface area (Å²) in [5.74, 6) is 1.25. The summed E-state index contributed by atoms with van der Waals surface area (Å²) in [6, 6.07) is 5.89. The number of hydrogen-bond donors (Lipinski definition) is 2. The summed E-state index contributed by atoms with van der Waals surface area (Å²) in [5, 5.41) is 3.20.